The van der Waals surface area contributed by atoms with Crippen LogP contribution in [-0.4, -0.2) is 4.98 Å². The van der Waals surface area contributed by atoms with Gasteiger partial charge < -0.3 is 0 Å². The Morgan fingerprint density at radius 1 is 0.833 bits per heavy atom. The van der Waals surface area contributed by atoms with E-state index in [0.717, 1.165) is 15.5 Å². The van der Waals surface area contributed by atoms with E-state index in [4.69, 9.17) is 0 Å². The molecule has 18 heavy (non-hydrogen) atoms. The Bertz CT molecular complexity index is 707. The monoisotopic (exact) mass is 269 g/mol. The first-order valence-corrected chi connectivity index (χ1v) is 7.30. The van der Waals surface area contributed by atoms with Crippen molar-refractivity contribution >= 4 is 43.1 Å². The minimum atomic E-state index is 1.07. The molecule has 4 aromatic rings. The molecule has 0 unspecified atom stereocenters. The first kappa shape index (κ1) is 10.2. The van der Waals surface area contributed by atoms with Gasteiger partial charge in [0.05, 0.1) is 10.2 Å². The molecule has 0 fully saturated rings. The molecule has 0 spiro atoms. The van der Waals surface area contributed by atoms with Crippen molar-refractivity contribution in [2.45, 2.75) is 0 Å². The van der Waals surface area contributed by atoms with E-state index < -0.39 is 0 Å². The van der Waals surface area contributed by atoms with E-state index in [0.29, 0.717) is 0 Å². The largest absolute Gasteiger partial charge is 0.297 e. The van der Waals surface area contributed by atoms with Crippen LogP contribution in [0.1, 0.15) is 0 Å². The Morgan fingerprint density at radius 2 is 1.61 bits per heavy atom. The van der Waals surface area contributed by atoms with Crippen LogP contribution in [0.15, 0.2) is 48.5 Å². The number of aromatic nitrogens is 2. The Labute approximate surface area is 112 Å². The Balaban J connectivity index is 1.95. The van der Waals surface area contributed by atoms with Crippen LogP contribution in [0.3, 0.4) is 0 Å². The summed E-state index contributed by atoms with van der Waals surface area (Å²) in [4.78, 5) is 8.12. The highest BCUT2D eigenvalue weighted by Crippen LogP contribution is 2.32. The number of rotatable bonds is 1. The van der Waals surface area contributed by atoms with E-state index >= 15 is 0 Å². The zero-order chi connectivity index (χ0) is 11.9. The van der Waals surface area contributed by atoms with Gasteiger partial charge in [0.25, 0.3) is 5.01 Å². The molecule has 4 rings (SSSR count). The molecule has 1 N–H and O–H groups in total. The molecule has 0 bridgehead atoms. The average molecular weight is 269 g/mol. The number of thiazole rings is 2. The Kier molecular flexibility index (Phi) is 2.18. The highest BCUT2D eigenvalue weighted by Gasteiger charge is 2.16. The SMILES string of the molecule is c1ccc2sc(-c3[nH+]c4ccccc4s3)nc2c1. The minimum absolute atomic E-state index is 1.07. The minimum Gasteiger partial charge on any atom is -0.229 e. The molecule has 0 aliphatic carbocycles. The number of benzene rings is 2. The van der Waals surface area contributed by atoms with Crippen LogP contribution in [0.4, 0.5) is 0 Å². The smallest absolute Gasteiger partial charge is 0.229 e. The molecule has 2 heterocycles. The first-order chi connectivity index (χ1) is 8.90. The number of aromatic amines is 1. The summed E-state index contributed by atoms with van der Waals surface area (Å²) in [6, 6.07) is 16.6. The fourth-order valence-electron chi connectivity index (χ4n) is 1.98. The van der Waals surface area contributed by atoms with Crippen molar-refractivity contribution in [2.24, 2.45) is 0 Å². The third kappa shape index (κ3) is 1.54. The summed E-state index contributed by atoms with van der Waals surface area (Å²) in [5.41, 5.74) is 2.25. The zero-order valence-electron chi connectivity index (χ0n) is 9.38. The molecular weight excluding hydrogens is 260 g/mol. The second kappa shape index (κ2) is 3.86. The van der Waals surface area contributed by atoms with Gasteiger partial charge in [-0.2, -0.15) is 4.98 Å². The van der Waals surface area contributed by atoms with Crippen molar-refractivity contribution in [3.8, 4) is 10.0 Å². The number of hydrogen-bond donors (Lipinski definition) is 0. The van der Waals surface area contributed by atoms with E-state index in [2.05, 4.69) is 46.4 Å². The van der Waals surface area contributed by atoms with Gasteiger partial charge in [-0.3, -0.25) is 0 Å². The number of hydrogen-bond acceptors (Lipinski definition) is 3. The number of nitrogens with zero attached hydrogens (tertiary/aromatic N) is 1. The predicted molar refractivity (Wildman–Crippen MR) is 77.0 cm³/mol. The molecule has 86 valence electrons. The maximum Gasteiger partial charge on any atom is 0.297 e. The summed E-state index contributed by atoms with van der Waals surface area (Å²) < 4.78 is 2.50. The maximum atomic E-state index is 4.68. The van der Waals surface area contributed by atoms with Crippen molar-refractivity contribution in [1.29, 1.82) is 0 Å². The lowest BCUT2D eigenvalue weighted by Gasteiger charge is -1.80. The fraction of sp³-hybridized carbons (Fsp3) is 0. The van der Waals surface area contributed by atoms with Gasteiger partial charge in [0.15, 0.2) is 0 Å². The summed E-state index contributed by atoms with van der Waals surface area (Å²) in [5, 5.41) is 2.20. The van der Waals surface area contributed by atoms with Gasteiger partial charge >= 0.3 is 0 Å². The lowest BCUT2D eigenvalue weighted by atomic mass is 10.3. The molecule has 0 aliphatic heterocycles. The van der Waals surface area contributed by atoms with E-state index in [1.165, 1.54) is 14.9 Å². The lowest BCUT2D eigenvalue weighted by Crippen LogP contribution is -1.99. The van der Waals surface area contributed by atoms with Crippen LogP contribution >= 0.6 is 22.7 Å². The third-order valence-corrected chi connectivity index (χ3v) is 5.09. The highest BCUT2D eigenvalue weighted by atomic mass is 32.1. The molecule has 0 aliphatic rings. The van der Waals surface area contributed by atoms with Gasteiger partial charge in [0, 0.05) is 6.07 Å². The van der Waals surface area contributed by atoms with Crippen LogP contribution in [0.25, 0.3) is 30.4 Å². The molecule has 0 saturated heterocycles. The summed E-state index contributed by atoms with van der Waals surface area (Å²) in [7, 11) is 0. The molecule has 0 atom stereocenters. The van der Waals surface area contributed by atoms with Crippen molar-refractivity contribution < 1.29 is 4.98 Å². The number of nitrogens with one attached hydrogen (secondary N) is 1. The van der Waals surface area contributed by atoms with E-state index in [-0.39, 0.29) is 0 Å². The van der Waals surface area contributed by atoms with E-state index in [9.17, 15) is 0 Å². The van der Waals surface area contributed by atoms with Crippen molar-refractivity contribution in [1.82, 2.24) is 4.98 Å². The Morgan fingerprint density at radius 3 is 2.44 bits per heavy atom. The predicted octanol–water partition coefficient (Wildman–Crippen LogP) is 3.99. The summed E-state index contributed by atoms with van der Waals surface area (Å²) in [5.74, 6) is 0. The van der Waals surface area contributed by atoms with Crippen LogP contribution < -0.4 is 4.98 Å². The van der Waals surface area contributed by atoms with E-state index in [1.807, 2.05) is 12.1 Å². The standard InChI is InChI=1S/C14H8N2S2/c1-3-7-11-9(5-1)15-13(17-11)14-16-10-6-2-4-8-12(10)18-14/h1-8H/p+1. The second-order valence-electron chi connectivity index (χ2n) is 4.04. The van der Waals surface area contributed by atoms with Crippen molar-refractivity contribution in [3.05, 3.63) is 48.5 Å². The molecular formula is C14H9N2S2+. The van der Waals surface area contributed by atoms with Gasteiger partial charge in [0.1, 0.15) is 4.70 Å². The second-order valence-corrected chi connectivity index (χ2v) is 6.12. The number of fused-ring (bicyclic) bond motifs is 2. The first-order valence-electron chi connectivity index (χ1n) is 5.67. The van der Waals surface area contributed by atoms with Gasteiger partial charge in [-0.15, -0.1) is 11.3 Å². The Hall–Kier alpha value is -1.78. The molecule has 0 radical (unpaired) electrons. The zero-order valence-corrected chi connectivity index (χ0v) is 11.0. The van der Waals surface area contributed by atoms with Gasteiger partial charge in [0.2, 0.25) is 10.5 Å². The van der Waals surface area contributed by atoms with Crippen molar-refractivity contribution in [2.75, 3.05) is 0 Å². The highest BCUT2D eigenvalue weighted by molar-refractivity contribution is 7.27. The lowest BCUT2D eigenvalue weighted by molar-refractivity contribution is -0.325. The molecule has 2 aromatic carbocycles. The fourth-order valence-corrected chi connectivity index (χ4v) is 3.98. The van der Waals surface area contributed by atoms with Crippen molar-refractivity contribution in [3.63, 3.8) is 0 Å². The van der Waals surface area contributed by atoms with Gasteiger partial charge in [-0.05, 0) is 18.2 Å². The van der Waals surface area contributed by atoms with Gasteiger partial charge in [-0.1, -0.05) is 35.6 Å². The molecule has 0 saturated carbocycles. The van der Waals surface area contributed by atoms with Crippen LogP contribution in [-0.2, 0) is 0 Å². The number of H-pyrrole nitrogens is 1. The third-order valence-electron chi connectivity index (χ3n) is 2.84. The summed E-state index contributed by atoms with van der Waals surface area (Å²) in [6.07, 6.45) is 0. The van der Waals surface area contributed by atoms with Crippen LogP contribution in [0, 0.1) is 0 Å². The topological polar surface area (TPSA) is 27.0 Å². The maximum absolute atomic E-state index is 4.68. The summed E-state index contributed by atoms with van der Waals surface area (Å²) >= 11 is 3.49. The normalized spacial score (nSPS) is 11.3. The molecule has 0 amide bonds. The summed E-state index contributed by atoms with van der Waals surface area (Å²) in [6.45, 7) is 0. The molecule has 2 aromatic heterocycles. The number of para-hydroxylation sites is 2. The molecule has 2 nitrogen and oxygen atoms in total. The van der Waals surface area contributed by atoms with Crippen LogP contribution in [0.2, 0.25) is 0 Å². The van der Waals surface area contributed by atoms with E-state index in [1.54, 1.807) is 22.7 Å². The average Bonchev–Trinajstić information content (AvgIpc) is 3.02. The quantitative estimate of drug-likeness (QED) is 0.513. The van der Waals surface area contributed by atoms with Crippen LogP contribution in [0.5, 0.6) is 0 Å². The van der Waals surface area contributed by atoms with Gasteiger partial charge in [-0.25, -0.2) is 4.98 Å². The molecule has 4 heteroatoms.